The van der Waals surface area contributed by atoms with Crippen LogP contribution in [0.5, 0.6) is 5.75 Å². The lowest BCUT2D eigenvalue weighted by Gasteiger charge is -2.33. The van der Waals surface area contributed by atoms with Crippen molar-refractivity contribution in [3.8, 4) is 5.75 Å². The molecule has 150 valence electrons. The first-order valence-electron chi connectivity index (χ1n) is 9.15. The number of sulfonamides is 1. The number of rotatable bonds is 5. The van der Waals surface area contributed by atoms with Crippen molar-refractivity contribution >= 4 is 33.1 Å². The predicted octanol–water partition coefficient (Wildman–Crippen LogP) is 3.04. The smallest absolute Gasteiger partial charge is 0.322 e. The quantitative estimate of drug-likeness (QED) is 0.777. The number of fused-ring (bicyclic) bond motifs is 2. The van der Waals surface area contributed by atoms with Crippen LogP contribution in [0.2, 0.25) is 0 Å². The third kappa shape index (κ3) is 3.61. The van der Waals surface area contributed by atoms with Gasteiger partial charge in [0.2, 0.25) is 10.0 Å². The third-order valence-electron chi connectivity index (χ3n) is 5.41. The lowest BCUT2D eigenvalue weighted by Crippen LogP contribution is -2.52. The molecule has 3 atom stereocenters. The van der Waals surface area contributed by atoms with Crippen LogP contribution in [0.1, 0.15) is 18.4 Å². The number of aryl methyl sites for hydroxylation is 1. The first kappa shape index (κ1) is 19.2. The summed E-state index contributed by atoms with van der Waals surface area (Å²) >= 11 is 1.19. The summed E-state index contributed by atoms with van der Waals surface area (Å²) in [6, 6.07) is 8.27. The highest BCUT2D eigenvalue weighted by Crippen LogP contribution is 2.39. The van der Waals surface area contributed by atoms with Crippen molar-refractivity contribution < 1.29 is 17.9 Å². The number of thiophene rings is 1. The van der Waals surface area contributed by atoms with Gasteiger partial charge in [0.15, 0.2) is 0 Å². The van der Waals surface area contributed by atoms with Gasteiger partial charge >= 0.3 is 6.03 Å². The fourth-order valence-corrected chi connectivity index (χ4v) is 6.46. The number of anilines is 1. The molecule has 1 aliphatic carbocycles. The first-order chi connectivity index (χ1) is 13.4. The number of ether oxygens (including phenoxy) is 1. The van der Waals surface area contributed by atoms with Gasteiger partial charge in [-0.25, -0.2) is 17.9 Å². The molecular formula is C19H23N3O4S2. The minimum atomic E-state index is -3.56. The average molecular weight is 422 g/mol. The van der Waals surface area contributed by atoms with Crippen LogP contribution in [-0.2, 0) is 10.0 Å². The molecule has 2 fully saturated rings. The Kier molecular flexibility index (Phi) is 5.07. The Morgan fingerprint density at radius 2 is 2.11 bits per heavy atom. The van der Waals surface area contributed by atoms with Crippen molar-refractivity contribution in [3.63, 3.8) is 0 Å². The Morgan fingerprint density at radius 1 is 1.29 bits per heavy atom. The van der Waals surface area contributed by atoms with E-state index in [-0.39, 0.29) is 18.1 Å². The summed E-state index contributed by atoms with van der Waals surface area (Å²) in [6.07, 6.45) is 1.57. The number of methoxy groups -OCH3 is 1. The van der Waals surface area contributed by atoms with Gasteiger partial charge in [-0.1, -0.05) is 12.1 Å². The molecule has 2 aromatic rings. The van der Waals surface area contributed by atoms with Crippen LogP contribution in [0.25, 0.3) is 0 Å². The average Bonchev–Trinajstić information content (AvgIpc) is 3.38. The number of nitrogens with one attached hydrogen (secondary N) is 2. The van der Waals surface area contributed by atoms with E-state index in [9.17, 15) is 13.2 Å². The van der Waals surface area contributed by atoms with Gasteiger partial charge in [0.1, 0.15) is 9.96 Å². The summed E-state index contributed by atoms with van der Waals surface area (Å²) < 4.78 is 33.6. The van der Waals surface area contributed by atoms with Gasteiger partial charge in [-0.05, 0) is 54.8 Å². The van der Waals surface area contributed by atoms with Gasteiger partial charge in [-0.3, -0.25) is 0 Å². The van der Waals surface area contributed by atoms with Crippen LogP contribution in [0.4, 0.5) is 10.5 Å². The van der Waals surface area contributed by atoms with Crippen molar-refractivity contribution in [1.82, 2.24) is 9.62 Å². The SMILES string of the molecule is COc1ccc(C)cc1NC(=O)N1CC2CC(NS(=O)(=O)c3cccs3)C1C2. The number of urea groups is 1. The molecule has 28 heavy (non-hydrogen) atoms. The van der Waals surface area contributed by atoms with E-state index < -0.39 is 10.0 Å². The number of carbonyl (C=O) groups is 1. The summed E-state index contributed by atoms with van der Waals surface area (Å²) in [4.78, 5) is 14.7. The fourth-order valence-electron chi connectivity index (χ4n) is 4.17. The summed E-state index contributed by atoms with van der Waals surface area (Å²) in [6.45, 7) is 2.59. The van der Waals surface area contributed by atoms with Crippen LogP contribution in [0.15, 0.2) is 39.9 Å². The molecule has 3 unspecified atom stereocenters. The van der Waals surface area contributed by atoms with Crippen molar-refractivity contribution in [2.24, 2.45) is 5.92 Å². The maximum absolute atomic E-state index is 12.9. The van der Waals surface area contributed by atoms with Gasteiger partial charge in [0, 0.05) is 12.6 Å². The number of carbonyl (C=O) groups excluding carboxylic acids is 1. The zero-order valence-electron chi connectivity index (χ0n) is 15.7. The van der Waals surface area contributed by atoms with Crippen molar-refractivity contribution in [1.29, 1.82) is 0 Å². The molecule has 1 aromatic carbocycles. The molecule has 2 heterocycles. The molecule has 1 saturated carbocycles. The normalized spacial score (nSPS) is 23.8. The lowest BCUT2D eigenvalue weighted by atomic mass is 10.1. The maximum atomic E-state index is 12.9. The molecule has 1 aromatic heterocycles. The second-order valence-electron chi connectivity index (χ2n) is 7.35. The zero-order chi connectivity index (χ0) is 19.9. The monoisotopic (exact) mass is 421 g/mol. The molecule has 2 amide bonds. The van der Waals surface area contributed by atoms with E-state index in [1.807, 2.05) is 25.1 Å². The van der Waals surface area contributed by atoms with E-state index in [4.69, 9.17) is 4.74 Å². The highest BCUT2D eigenvalue weighted by atomic mass is 32.2. The molecule has 9 heteroatoms. The Hall–Kier alpha value is -2.10. The topological polar surface area (TPSA) is 87.7 Å². The number of likely N-dealkylation sites (tertiary alicyclic amines) is 1. The molecule has 0 radical (unpaired) electrons. The highest BCUT2D eigenvalue weighted by Gasteiger charge is 2.48. The number of hydrogen-bond acceptors (Lipinski definition) is 5. The lowest BCUT2D eigenvalue weighted by molar-refractivity contribution is 0.183. The largest absolute Gasteiger partial charge is 0.495 e. The predicted molar refractivity (Wildman–Crippen MR) is 108 cm³/mol. The Balaban J connectivity index is 1.48. The summed E-state index contributed by atoms with van der Waals surface area (Å²) in [5, 5.41) is 4.67. The van der Waals surface area contributed by atoms with Gasteiger partial charge < -0.3 is 15.0 Å². The Labute approximate surface area is 168 Å². The summed E-state index contributed by atoms with van der Waals surface area (Å²) in [5.74, 6) is 0.907. The van der Waals surface area contributed by atoms with Crippen molar-refractivity contribution in [2.75, 3.05) is 19.0 Å². The van der Waals surface area contributed by atoms with E-state index in [2.05, 4.69) is 10.0 Å². The third-order valence-corrected chi connectivity index (χ3v) is 8.29. The van der Waals surface area contributed by atoms with Crippen LogP contribution in [0.3, 0.4) is 0 Å². The number of hydrogen-bond donors (Lipinski definition) is 2. The number of benzene rings is 1. The molecule has 4 rings (SSSR count). The zero-order valence-corrected chi connectivity index (χ0v) is 17.3. The maximum Gasteiger partial charge on any atom is 0.322 e. The number of piperidine rings is 1. The summed E-state index contributed by atoms with van der Waals surface area (Å²) in [7, 11) is -1.99. The minimum Gasteiger partial charge on any atom is -0.495 e. The standard InChI is InChI=1S/C19H23N3O4S2/c1-12-5-6-17(26-2)15(8-12)20-19(23)22-11-13-9-14(16(22)10-13)21-28(24,25)18-4-3-7-27-18/h3-8,13-14,16,21H,9-11H2,1-2H3,(H,20,23). The van der Waals surface area contributed by atoms with Crippen LogP contribution in [-0.4, -0.2) is 45.1 Å². The van der Waals surface area contributed by atoms with E-state index in [1.54, 1.807) is 29.5 Å². The molecule has 2 bridgehead atoms. The van der Waals surface area contributed by atoms with Crippen molar-refractivity contribution in [2.45, 2.75) is 36.1 Å². The molecule has 1 saturated heterocycles. The second-order valence-corrected chi connectivity index (χ2v) is 10.2. The molecule has 2 aliphatic rings. The van der Waals surface area contributed by atoms with E-state index in [0.717, 1.165) is 18.4 Å². The summed E-state index contributed by atoms with van der Waals surface area (Å²) in [5.41, 5.74) is 1.63. The minimum absolute atomic E-state index is 0.143. The molecular weight excluding hydrogens is 398 g/mol. The highest BCUT2D eigenvalue weighted by molar-refractivity contribution is 7.91. The van der Waals surface area contributed by atoms with E-state index in [0.29, 0.717) is 28.1 Å². The molecule has 7 nitrogen and oxygen atoms in total. The van der Waals surface area contributed by atoms with Crippen LogP contribution < -0.4 is 14.8 Å². The van der Waals surface area contributed by atoms with E-state index >= 15 is 0 Å². The van der Waals surface area contributed by atoms with Gasteiger partial charge in [0.05, 0.1) is 18.8 Å². The number of amides is 2. The molecule has 2 N–H and O–H groups in total. The van der Waals surface area contributed by atoms with Gasteiger partial charge in [0.25, 0.3) is 0 Å². The van der Waals surface area contributed by atoms with Crippen LogP contribution >= 0.6 is 11.3 Å². The number of nitrogens with zero attached hydrogens (tertiary/aromatic N) is 1. The first-order valence-corrected chi connectivity index (χ1v) is 11.5. The Bertz CT molecular complexity index is 975. The second kappa shape index (κ2) is 7.38. The van der Waals surface area contributed by atoms with Crippen molar-refractivity contribution in [3.05, 3.63) is 41.3 Å². The molecule has 0 spiro atoms. The fraction of sp³-hybridized carbons (Fsp3) is 0.421. The van der Waals surface area contributed by atoms with Gasteiger partial charge in [-0.2, -0.15) is 0 Å². The van der Waals surface area contributed by atoms with Crippen LogP contribution in [0, 0.1) is 12.8 Å². The molecule has 1 aliphatic heterocycles. The Morgan fingerprint density at radius 3 is 2.79 bits per heavy atom. The van der Waals surface area contributed by atoms with E-state index in [1.165, 1.54) is 11.3 Å². The van der Waals surface area contributed by atoms with Gasteiger partial charge in [-0.15, -0.1) is 11.3 Å².